The van der Waals surface area contributed by atoms with E-state index in [2.05, 4.69) is 10.2 Å². The summed E-state index contributed by atoms with van der Waals surface area (Å²) in [5, 5.41) is 10.5. The lowest BCUT2D eigenvalue weighted by Crippen LogP contribution is -2.48. The molecule has 10 heteroatoms. The molecular weight excluding hydrogens is 387 g/mol. The van der Waals surface area contributed by atoms with Crippen LogP contribution in [-0.2, 0) is 4.79 Å². The van der Waals surface area contributed by atoms with Gasteiger partial charge in [-0.25, -0.2) is 0 Å². The van der Waals surface area contributed by atoms with Crippen LogP contribution >= 0.6 is 0 Å². The first kappa shape index (κ1) is 20.8. The van der Waals surface area contributed by atoms with Gasteiger partial charge in [0.05, 0.1) is 11.4 Å². The fourth-order valence-corrected chi connectivity index (χ4v) is 3.44. The van der Waals surface area contributed by atoms with Crippen LogP contribution in [0.2, 0.25) is 0 Å². The number of alkyl halides is 3. The number of carbonyl (C=O) groups is 2. The highest BCUT2D eigenvalue weighted by molar-refractivity contribution is 5.97. The smallest absolute Gasteiger partial charge is 0.345 e. The van der Waals surface area contributed by atoms with Gasteiger partial charge in [0, 0.05) is 6.54 Å². The maximum absolute atomic E-state index is 13.0. The molecule has 0 spiro atoms. The second-order valence-electron chi connectivity index (χ2n) is 7.20. The van der Waals surface area contributed by atoms with Crippen molar-refractivity contribution in [2.75, 3.05) is 13.1 Å². The van der Waals surface area contributed by atoms with Crippen molar-refractivity contribution < 1.29 is 22.8 Å². The van der Waals surface area contributed by atoms with Crippen molar-refractivity contribution in [2.24, 2.45) is 0 Å². The van der Waals surface area contributed by atoms with Crippen molar-refractivity contribution in [3.05, 3.63) is 40.7 Å². The molecule has 1 aliphatic rings. The van der Waals surface area contributed by atoms with Gasteiger partial charge in [-0.2, -0.15) is 23.1 Å². The minimum Gasteiger partial charge on any atom is -0.345 e. The number of nitrogens with one attached hydrogen (secondary N) is 1. The fraction of sp³-hybridized carbons (Fsp3) is 0.474. The maximum Gasteiger partial charge on any atom is 0.405 e. The number of amides is 2. The standard InChI is InChI=1S/C19H22F3N5O2/c1-11-6-7-14(12(2)9-11)27-24-13(3)16(25-27)18(29)26-8-4-5-15(26)17(28)23-10-19(20,21)22/h6-7,9,15H,4-5,8,10H2,1-3H3,(H,23,28). The summed E-state index contributed by atoms with van der Waals surface area (Å²) in [4.78, 5) is 27.8. The molecule has 3 rings (SSSR count). The second-order valence-corrected chi connectivity index (χ2v) is 7.20. The Bertz CT molecular complexity index is 938. The molecule has 1 unspecified atom stereocenters. The summed E-state index contributed by atoms with van der Waals surface area (Å²) in [7, 11) is 0. The van der Waals surface area contributed by atoms with Crippen molar-refractivity contribution in [2.45, 2.75) is 45.8 Å². The molecule has 29 heavy (non-hydrogen) atoms. The fourth-order valence-electron chi connectivity index (χ4n) is 3.44. The molecule has 7 nitrogen and oxygen atoms in total. The molecule has 0 bridgehead atoms. The summed E-state index contributed by atoms with van der Waals surface area (Å²) in [6, 6.07) is 4.78. The Balaban J connectivity index is 1.81. The second kappa shape index (κ2) is 7.84. The van der Waals surface area contributed by atoms with Gasteiger partial charge in [-0.05, 0) is 45.2 Å². The number of aryl methyl sites for hydroxylation is 3. The summed E-state index contributed by atoms with van der Waals surface area (Å²) in [6.07, 6.45) is -3.67. The Morgan fingerprint density at radius 2 is 1.93 bits per heavy atom. The molecule has 1 saturated heterocycles. The van der Waals surface area contributed by atoms with Crippen LogP contribution in [-0.4, -0.2) is 57.0 Å². The predicted molar refractivity (Wildman–Crippen MR) is 98.7 cm³/mol. The number of hydrogen-bond acceptors (Lipinski definition) is 4. The van der Waals surface area contributed by atoms with Crippen molar-refractivity contribution in [3.8, 4) is 5.69 Å². The van der Waals surface area contributed by atoms with Gasteiger partial charge in [-0.3, -0.25) is 9.59 Å². The summed E-state index contributed by atoms with van der Waals surface area (Å²) in [6.45, 7) is 4.36. The molecular formula is C19H22F3N5O2. The summed E-state index contributed by atoms with van der Waals surface area (Å²) in [5.74, 6) is -1.32. The first-order valence-electron chi connectivity index (χ1n) is 9.24. The van der Waals surface area contributed by atoms with Gasteiger partial charge in [-0.15, -0.1) is 5.10 Å². The Morgan fingerprint density at radius 3 is 2.59 bits per heavy atom. The van der Waals surface area contributed by atoms with E-state index in [9.17, 15) is 22.8 Å². The van der Waals surface area contributed by atoms with Crippen molar-refractivity contribution >= 4 is 11.8 Å². The molecule has 0 aliphatic carbocycles. The Morgan fingerprint density at radius 1 is 1.21 bits per heavy atom. The molecule has 1 N–H and O–H groups in total. The van der Waals surface area contributed by atoms with Gasteiger partial charge >= 0.3 is 6.18 Å². The van der Waals surface area contributed by atoms with Crippen LogP contribution in [0.25, 0.3) is 5.69 Å². The van der Waals surface area contributed by atoms with Crippen LogP contribution in [0.3, 0.4) is 0 Å². The molecule has 1 aromatic carbocycles. The molecule has 1 atom stereocenters. The van der Waals surface area contributed by atoms with E-state index in [1.165, 1.54) is 9.70 Å². The first-order chi connectivity index (χ1) is 13.6. The number of carbonyl (C=O) groups excluding carboxylic acids is 2. The highest BCUT2D eigenvalue weighted by atomic mass is 19.4. The highest BCUT2D eigenvalue weighted by Crippen LogP contribution is 2.22. The maximum atomic E-state index is 13.0. The SMILES string of the molecule is Cc1ccc(-n2nc(C)c(C(=O)N3CCCC3C(=O)NCC(F)(F)F)n2)c(C)c1. The normalized spacial score (nSPS) is 16.9. The largest absolute Gasteiger partial charge is 0.405 e. The van der Waals surface area contributed by atoms with E-state index in [0.29, 0.717) is 18.5 Å². The van der Waals surface area contributed by atoms with Crippen molar-refractivity contribution in [3.63, 3.8) is 0 Å². The first-order valence-corrected chi connectivity index (χ1v) is 9.24. The Hall–Kier alpha value is -2.91. The van der Waals surface area contributed by atoms with E-state index in [-0.39, 0.29) is 12.2 Å². The number of benzene rings is 1. The van der Waals surface area contributed by atoms with Gasteiger partial charge in [-0.1, -0.05) is 17.7 Å². The molecule has 1 aliphatic heterocycles. The highest BCUT2D eigenvalue weighted by Gasteiger charge is 2.38. The monoisotopic (exact) mass is 409 g/mol. The van der Waals surface area contributed by atoms with E-state index in [0.717, 1.165) is 16.8 Å². The van der Waals surface area contributed by atoms with Gasteiger partial charge in [0.1, 0.15) is 12.6 Å². The minimum absolute atomic E-state index is 0.0838. The van der Waals surface area contributed by atoms with Crippen LogP contribution in [0.1, 0.15) is 40.2 Å². The van der Waals surface area contributed by atoms with E-state index in [1.807, 2.05) is 37.4 Å². The van der Waals surface area contributed by atoms with E-state index in [4.69, 9.17) is 0 Å². The number of hydrogen-bond donors (Lipinski definition) is 1. The molecule has 2 aromatic rings. The lowest BCUT2D eigenvalue weighted by molar-refractivity contribution is -0.140. The molecule has 0 radical (unpaired) electrons. The van der Waals surface area contributed by atoms with E-state index >= 15 is 0 Å². The van der Waals surface area contributed by atoms with E-state index in [1.54, 1.807) is 6.92 Å². The summed E-state index contributed by atoms with van der Waals surface area (Å²) in [5.41, 5.74) is 3.20. The number of rotatable bonds is 4. The number of likely N-dealkylation sites (tertiary alicyclic amines) is 1. The summed E-state index contributed by atoms with van der Waals surface area (Å²) < 4.78 is 37.1. The molecule has 0 saturated carbocycles. The van der Waals surface area contributed by atoms with Crippen molar-refractivity contribution in [1.29, 1.82) is 0 Å². The number of nitrogens with zero attached hydrogens (tertiary/aromatic N) is 4. The minimum atomic E-state index is -4.51. The van der Waals surface area contributed by atoms with Gasteiger partial charge < -0.3 is 10.2 Å². The molecule has 1 aromatic heterocycles. The molecule has 2 heterocycles. The zero-order valence-electron chi connectivity index (χ0n) is 16.4. The average molecular weight is 409 g/mol. The van der Waals surface area contributed by atoms with Gasteiger partial charge in [0.25, 0.3) is 5.91 Å². The predicted octanol–water partition coefficient (Wildman–Crippen LogP) is 2.48. The number of aromatic nitrogens is 3. The Labute approximate surface area is 165 Å². The average Bonchev–Trinajstić information content (AvgIpc) is 3.25. The van der Waals surface area contributed by atoms with E-state index < -0.39 is 30.6 Å². The van der Waals surface area contributed by atoms with Crippen LogP contribution in [0, 0.1) is 20.8 Å². The van der Waals surface area contributed by atoms with Crippen LogP contribution < -0.4 is 5.32 Å². The van der Waals surface area contributed by atoms with Crippen LogP contribution in [0.4, 0.5) is 13.2 Å². The molecule has 2 amide bonds. The number of halogens is 3. The zero-order chi connectivity index (χ0) is 21.3. The third-order valence-corrected chi connectivity index (χ3v) is 4.83. The lowest BCUT2D eigenvalue weighted by atomic mass is 10.1. The third kappa shape index (κ3) is 4.57. The third-order valence-electron chi connectivity index (χ3n) is 4.83. The Kier molecular flexibility index (Phi) is 5.63. The molecule has 156 valence electrons. The van der Waals surface area contributed by atoms with Crippen LogP contribution in [0.5, 0.6) is 0 Å². The summed E-state index contributed by atoms with van der Waals surface area (Å²) >= 11 is 0. The quantitative estimate of drug-likeness (QED) is 0.842. The lowest BCUT2D eigenvalue weighted by Gasteiger charge is -2.23. The molecule has 1 fully saturated rings. The van der Waals surface area contributed by atoms with Gasteiger partial charge in [0.2, 0.25) is 5.91 Å². The van der Waals surface area contributed by atoms with Crippen molar-refractivity contribution in [1.82, 2.24) is 25.2 Å². The van der Waals surface area contributed by atoms with Crippen LogP contribution in [0.15, 0.2) is 18.2 Å². The van der Waals surface area contributed by atoms with Gasteiger partial charge in [0.15, 0.2) is 5.69 Å². The topological polar surface area (TPSA) is 80.1 Å². The zero-order valence-corrected chi connectivity index (χ0v) is 16.4.